The Morgan fingerprint density at radius 1 is 1.45 bits per heavy atom. The highest BCUT2D eigenvalue weighted by Gasteiger charge is 2.09. The van der Waals surface area contributed by atoms with Gasteiger partial charge in [0.15, 0.2) is 4.34 Å². The molecular weight excluding hydrogens is 320 g/mol. The third kappa shape index (κ3) is 4.57. The van der Waals surface area contributed by atoms with Crippen molar-refractivity contribution >= 4 is 50.9 Å². The normalized spacial score (nSPS) is 12.6. The minimum Gasteiger partial charge on any atom is -0.478 e. The number of carbonyl (C=O) groups is 2. The van der Waals surface area contributed by atoms with E-state index >= 15 is 0 Å². The number of thiazole rings is 1. The van der Waals surface area contributed by atoms with Gasteiger partial charge >= 0.3 is 5.97 Å². The zero-order valence-corrected chi connectivity index (χ0v) is 13.8. The van der Waals surface area contributed by atoms with Gasteiger partial charge in [0, 0.05) is 23.1 Å². The number of thioether (sulfide) groups is 1. The Bertz CT molecular complexity index is 725. The molecule has 1 heterocycles. The maximum Gasteiger partial charge on any atom is 0.328 e. The van der Waals surface area contributed by atoms with E-state index in [1.165, 1.54) is 0 Å². The fraction of sp³-hybridized carbons (Fsp3) is 0.267. The van der Waals surface area contributed by atoms with Crippen molar-refractivity contribution in [3.8, 4) is 0 Å². The Labute approximate surface area is 136 Å². The number of aliphatic carboxylic acids is 1. The summed E-state index contributed by atoms with van der Waals surface area (Å²) in [4.78, 5) is 26.5. The molecule has 0 spiro atoms. The molecule has 1 aromatic carbocycles. The monoisotopic (exact) mass is 336 g/mol. The topological polar surface area (TPSA) is 79.3 Å². The summed E-state index contributed by atoms with van der Waals surface area (Å²) < 4.78 is 2.00. The average molecular weight is 336 g/mol. The van der Waals surface area contributed by atoms with Gasteiger partial charge in [-0.25, -0.2) is 9.78 Å². The number of nitrogens with one attached hydrogen (secondary N) is 1. The molecule has 0 fully saturated rings. The molecule has 1 amide bonds. The Morgan fingerprint density at radius 3 is 2.91 bits per heavy atom. The number of carboxylic acid groups (broad SMARTS) is 1. The van der Waals surface area contributed by atoms with Gasteiger partial charge in [0.1, 0.15) is 0 Å². The standard InChI is InChI=1S/C15H16N2O3S2/c1-3-9(2)21-15-17-11-5-4-10(8-12(11)22-15)16-13(18)6-7-14(19)20/h4-9H,3H2,1-2H3,(H,16,18)(H,19,20)/b7-6+/t9-/m0/s1. The molecule has 1 atom stereocenters. The number of anilines is 1. The van der Waals surface area contributed by atoms with Gasteiger partial charge in [-0.05, 0) is 24.6 Å². The van der Waals surface area contributed by atoms with Crippen LogP contribution in [0, 0.1) is 0 Å². The number of amides is 1. The quantitative estimate of drug-likeness (QED) is 0.620. The van der Waals surface area contributed by atoms with Crippen LogP contribution < -0.4 is 5.32 Å². The second-order valence-corrected chi connectivity index (χ2v) is 7.38. The summed E-state index contributed by atoms with van der Waals surface area (Å²) in [6.07, 6.45) is 2.88. The number of hydrogen-bond acceptors (Lipinski definition) is 5. The second kappa shape index (κ2) is 7.42. The van der Waals surface area contributed by atoms with E-state index in [0.717, 1.165) is 33.1 Å². The smallest absolute Gasteiger partial charge is 0.328 e. The van der Waals surface area contributed by atoms with Crippen molar-refractivity contribution in [3.63, 3.8) is 0 Å². The highest BCUT2D eigenvalue weighted by Crippen LogP contribution is 2.34. The van der Waals surface area contributed by atoms with E-state index in [9.17, 15) is 9.59 Å². The fourth-order valence-corrected chi connectivity index (χ4v) is 3.97. The number of carboxylic acids is 1. The molecule has 0 unspecified atom stereocenters. The van der Waals surface area contributed by atoms with Gasteiger partial charge in [-0.1, -0.05) is 25.6 Å². The molecule has 1 aromatic heterocycles. The van der Waals surface area contributed by atoms with Crippen molar-refractivity contribution in [1.82, 2.24) is 4.98 Å². The van der Waals surface area contributed by atoms with E-state index in [1.54, 1.807) is 29.2 Å². The lowest BCUT2D eigenvalue weighted by molar-refractivity contribution is -0.131. The maximum absolute atomic E-state index is 11.6. The summed E-state index contributed by atoms with van der Waals surface area (Å²) in [6.45, 7) is 4.31. The van der Waals surface area contributed by atoms with Gasteiger partial charge < -0.3 is 10.4 Å². The van der Waals surface area contributed by atoms with Crippen LogP contribution in [0.5, 0.6) is 0 Å². The summed E-state index contributed by atoms with van der Waals surface area (Å²) in [6, 6.07) is 5.45. The Hall–Kier alpha value is -1.86. The molecule has 116 valence electrons. The SMILES string of the molecule is CC[C@H](C)Sc1nc2ccc(NC(=O)/C=C/C(=O)O)cc2s1. The zero-order chi connectivity index (χ0) is 16.1. The van der Waals surface area contributed by atoms with Crippen LogP contribution in [0.3, 0.4) is 0 Å². The van der Waals surface area contributed by atoms with Crippen molar-refractivity contribution < 1.29 is 14.7 Å². The molecule has 22 heavy (non-hydrogen) atoms. The highest BCUT2D eigenvalue weighted by atomic mass is 32.2. The summed E-state index contributed by atoms with van der Waals surface area (Å²) in [5.74, 6) is -1.62. The lowest BCUT2D eigenvalue weighted by Crippen LogP contribution is -2.08. The van der Waals surface area contributed by atoms with Crippen molar-refractivity contribution in [3.05, 3.63) is 30.4 Å². The van der Waals surface area contributed by atoms with Crippen LogP contribution in [-0.2, 0) is 9.59 Å². The number of carbonyl (C=O) groups excluding carboxylic acids is 1. The molecule has 0 aliphatic heterocycles. The number of rotatable bonds is 6. The van der Waals surface area contributed by atoms with Crippen LogP contribution >= 0.6 is 23.1 Å². The van der Waals surface area contributed by atoms with E-state index in [4.69, 9.17) is 5.11 Å². The van der Waals surface area contributed by atoms with Crippen LogP contribution in [0.4, 0.5) is 5.69 Å². The minimum atomic E-state index is -1.15. The number of benzene rings is 1. The Morgan fingerprint density at radius 2 is 2.23 bits per heavy atom. The van der Waals surface area contributed by atoms with E-state index in [-0.39, 0.29) is 0 Å². The first-order valence-electron chi connectivity index (χ1n) is 6.77. The molecule has 7 heteroatoms. The predicted octanol–water partition coefficient (Wildman–Crippen LogP) is 3.77. The molecule has 5 nitrogen and oxygen atoms in total. The largest absolute Gasteiger partial charge is 0.478 e. The number of aromatic nitrogens is 1. The third-order valence-corrected chi connectivity index (χ3v) is 5.27. The fourth-order valence-electron chi connectivity index (χ4n) is 1.62. The summed E-state index contributed by atoms with van der Waals surface area (Å²) in [5, 5.41) is 11.6. The lowest BCUT2D eigenvalue weighted by Gasteiger charge is -2.02. The average Bonchev–Trinajstić information content (AvgIpc) is 2.86. The number of hydrogen-bond donors (Lipinski definition) is 2. The first kappa shape index (κ1) is 16.5. The van der Waals surface area contributed by atoms with Crippen molar-refractivity contribution in [2.24, 2.45) is 0 Å². The predicted molar refractivity (Wildman–Crippen MR) is 90.6 cm³/mol. The van der Waals surface area contributed by atoms with E-state index < -0.39 is 11.9 Å². The molecule has 2 N–H and O–H groups in total. The van der Waals surface area contributed by atoms with Gasteiger partial charge in [-0.15, -0.1) is 11.3 Å². The summed E-state index contributed by atoms with van der Waals surface area (Å²) in [7, 11) is 0. The molecule has 0 saturated carbocycles. The van der Waals surface area contributed by atoms with Gasteiger partial charge in [-0.2, -0.15) is 0 Å². The van der Waals surface area contributed by atoms with Crippen molar-refractivity contribution in [2.75, 3.05) is 5.32 Å². The first-order chi connectivity index (χ1) is 10.5. The maximum atomic E-state index is 11.6. The van der Waals surface area contributed by atoms with Gasteiger partial charge in [0.2, 0.25) is 5.91 Å². The summed E-state index contributed by atoms with van der Waals surface area (Å²) in [5.41, 5.74) is 1.52. The number of fused-ring (bicyclic) bond motifs is 1. The van der Waals surface area contributed by atoms with E-state index in [2.05, 4.69) is 24.1 Å². The molecule has 0 radical (unpaired) electrons. The molecule has 2 rings (SSSR count). The summed E-state index contributed by atoms with van der Waals surface area (Å²) >= 11 is 3.33. The molecule has 0 saturated heterocycles. The molecule has 0 aliphatic rings. The third-order valence-electron chi connectivity index (χ3n) is 2.89. The van der Waals surface area contributed by atoms with Crippen LogP contribution in [0.25, 0.3) is 10.2 Å². The van der Waals surface area contributed by atoms with Gasteiger partial charge in [0.25, 0.3) is 0 Å². The van der Waals surface area contributed by atoms with E-state index in [0.29, 0.717) is 10.9 Å². The van der Waals surface area contributed by atoms with Crippen LogP contribution in [-0.4, -0.2) is 27.2 Å². The molecular formula is C15H16N2O3S2. The van der Waals surface area contributed by atoms with Crippen LogP contribution in [0.1, 0.15) is 20.3 Å². The first-order valence-corrected chi connectivity index (χ1v) is 8.46. The Kier molecular flexibility index (Phi) is 5.57. The highest BCUT2D eigenvalue weighted by molar-refractivity contribution is 8.01. The molecule has 0 aliphatic carbocycles. The van der Waals surface area contributed by atoms with E-state index in [1.807, 2.05) is 12.1 Å². The van der Waals surface area contributed by atoms with Crippen LogP contribution in [0.15, 0.2) is 34.7 Å². The van der Waals surface area contributed by atoms with Crippen LogP contribution in [0.2, 0.25) is 0 Å². The second-order valence-electron chi connectivity index (χ2n) is 4.66. The van der Waals surface area contributed by atoms with Crippen molar-refractivity contribution in [2.45, 2.75) is 29.9 Å². The molecule has 0 bridgehead atoms. The Balaban J connectivity index is 2.13. The minimum absolute atomic E-state index is 0.472. The van der Waals surface area contributed by atoms with Gasteiger partial charge in [0.05, 0.1) is 10.2 Å². The molecule has 2 aromatic rings. The van der Waals surface area contributed by atoms with Gasteiger partial charge in [-0.3, -0.25) is 4.79 Å². The zero-order valence-electron chi connectivity index (χ0n) is 12.2. The van der Waals surface area contributed by atoms with Crippen molar-refractivity contribution in [1.29, 1.82) is 0 Å². The lowest BCUT2D eigenvalue weighted by atomic mass is 10.3. The number of nitrogens with zero attached hydrogens (tertiary/aromatic N) is 1.